The molecule has 9 heavy (non-hydrogen) atoms. The lowest BCUT2D eigenvalue weighted by Gasteiger charge is -2.05. The van der Waals surface area contributed by atoms with Crippen LogP contribution in [0.4, 0.5) is 0 Å². The van der Waals surface area contributed by atoms with Gasteiger partial charge in [0, 0.05) is 0 Å². The van der Waals surface area contributed by atoms with Crippen molar-refractivity contribution in [3.05, 3.63) is 11.6 Å². The van der Waals surface area contributed by atoms with E-state index < -0.39 is 0 Å². The highest BCUT2D eigenvalue weighted by molar-refractivity contribution is 5.87. The van der Waals surface area contributed by atoms with Crippen molar-refractivity contribution in [2.24, 2.45) is 5.41 Å². The van der Waals surface area contributed by atoms with Crippen molar-refractivity contribution in [3.8, 4) is 0 Å². The monoisotopic (exact) mass is 126 g/mol. The average Bonchev–Trinajstić information content (AvgIpc) is 2.41. The van der Waals surface area contributed by atoms with Gasteiger partial charge in [0.2, 0.25) is 0 Å². The van der Waals surface area contributed by atoms with E-state index in [0.29, 0.717) is 0 Å². The SMILES string of the molecule is COC(=O)C1(C)C=C1C. The number of methoxy groups -OCH3 is 1. The van der Waals surface area contributed by atoms with Gasteiger partial charge in [0.1, 0.15) is 5.41 Å². The van der Waals surface area contributed by atoms with E-state index in [1.54, 1.807) is 0 Å². The normalized spacial score (nSPS) is 31.2. The molecule has 0 N–H and O–H groups in total. The third-order valence-electron chi connectivity index (χ3n) is 1.85. The lowest BCUT2D eigenvalue weighted by atomic mass is 10.1. The first-order valence-electron chi connectivity index (χ1n) is 2.89. The van der Waals surface area contributed by atoms with E-state index in [2.05, 4.69) is 4.74 Å². The predicted octanol–water partition coefficient (Wildman–Crippen LogP) is 1.13. The molecule has 1 rings (SSSR count). The van der Waals surface area contributed by atoms with Gasteiger partial charge in [-0.3, -0.25) is 4.79 Å². The first-order chi connectivity index (χ1) is 4.11. The number of carbonyl (C=O) groups is 1. The Hall–Kier alpha value is -0.790. The molecule has 0 saturated carbocycles. The van der Waals surface area contributed by atoms with Crippen molar-refractivity contribution < 1.29 is 9.53 Å². The molecule has 1 aliphatic carbocycles. The van der Waals surface area contributed by atoms with E-state index in [-0.39, 0.29) is 11.4 Å². The molecule has 0 aliphatic heterocycles. The molecule has 0 aromatic heterocycles. The lowest BCUT2D eigenvalue weighted by Crippen LogP contribution is -2.16. The Balaban J connectivity index is 2.57. The second-order valence-electron chi connectivity index (χ2n) is 2.52. The van der Waals surface area contributed by atoms with Gasteiger partial charge in [-0.25, -0.2) is 0 Å². The van der Waals surface area contributed by atoms with Crippen LogP contribution in [0.15, 0.2) is 11.6 Å². The molecule has 0 radical (unpaired) electrons. The van der Waals surface area contributed by atoms with Gasteiger partial charge in [0.25, 0.3) is 0 Å². The van der Waals surface area contributed by atoms with Crippen molar-refractivity contribution in [2.45, 2.75) is 13.8 Å². The summed E-state index contributed by atoms with van der Waals surface area (Å²) >= 11 is 0. The minimum atomic E-state index is -0.352. The van der Waals surface area contributed by atoms with Gasteiger partial charge in [0.05, 0.1) is 7.11 Å². The standard InChI is InChI=1S/C7H10O2/c1-5-4-7(5,2)6(8)9-3/h4H,1-3H3. The quantitative estimate of drug-likeness (QED) is 0.389. The molecule has 2 nitrogen and oxygen atoms in total. The Bertz CT molecular complexity index is 181. The van der Waals surface area contributed by atoms with E-state index in [1.807, 2.05) is 19.9 Å². The fraction of sp³-hybridized carbons (Fsp3) is 0.571. The summed E-state index contributed by atoms with van der Waals surface area (Å²) in [6.45, 7) is 3.78. The van der Waals surface area contributed by atoms with E-state index in [0.717, 1.165) is 5.57 Å². The third kappa shape index (κ3) is 0.745. The fourth-order valence-electron chi connectivity index (χ4n) is 0.829. The highest BCUT2D eigenvalue weighted by atomic mass is 16.5. The highest BCUT2D eigenvalue weighted by Gasteiger charge is 2.44. The summed E-state index contributed by atoms with van der Waals surface area (Å²) in [5.74, 6) is -0.153. The van der Waals surface area contributed by atoms with Crippen LogP contribution in [-0.2, 0) is 9.53 Å². The van der Waals surface area contributed by atoms with Crippen LogP contribution in [-0.4, -0.2) is 13.1 Å². The van der Waals surface area contributed by atoms with Crippen LogP contribution >= 0.6 is 0 Å². The van der Waals surface area contributed by atoms with Gasteiger partial charge < -0.3 is 4.74 Å². The second kappa shape index (κ2) is 1.59. The fourth-order valence-corrected chi connectivity index (χ4v) is 0.829. The van der Waals surface area contributed by atoms with Crippen LogP contribution < -0.4 is 0 Å². The summed E-state index contributed by atoms with van der Waals surface area (Å²) in [6, 6.07) is 0. The molecule has 0 saturated heterocycles. The van der Waals surface area contributed by atoms with Crippen molar-refractivity contribution in [1.82, 2.24) is 0 Å². The number of hydrogen-bond donors (Lipinski definition) is 0. The van der Waals surface area contributed by atoms with Crippen LogP contribution in [0.3, 0.4) is 0 Å². The smallest absolute Gasteiger partial charge is 0.319 e. The van der Waals surface area contributed by atoms with E-state index >= 15 is 0 Å². The molecule has 0 bridgehead atoms. The molecular weight excluding hydrogens is 116 g/mol. The first kappa shape index (κ1) is 6.33. The Morgan fingerprint density at radius 1 is 1.78 bits per heavy atom. The summed E-state index contributed by atoms with van der Waals surface area (Å²) in [5.41, 5.74) is 0.753. The Kier molecular flexibility index (Phi) is 1.12. The summed E-state index contributed by atoms with van der Waals surface area (Å²) in [6.07, 6.45) is 1.90. The molecule has 0 aromatic carbocycles. The number of rotatable bonds is 1. The van der Waals surface area contributed by atoms with Crippen LogP contribution in [0, 0.1) is 5.41 Å². The van der Waals surface area contributed by atoms with Crippen molar-refractivity contribution in [2.75, 3.05) is 7.11 Å². The highest BCUT2D eigenvalue weighted by Crippen LogP contribution is 2.43. The zero-order valence-electron chi connectivity index (χ0n) is 5.89. The largest absolute Gasteiger partial charge is 0.468 e. The third-order valence-corrected chi connectivity index (χ3v) is 1.85. The molecule has 0 heterocycles. The number of carbonyl (C=O) groups excluding carboxylic acids is 1. The summed E-state index contributed by atoms with van der Waals surface area (Å²) < 4.78 is 4.56. The minimum Gasteiger partial charge on any atom is -0.468 e. The van der Waals surface area contributed by atoms with E-state index in [4.69, 9.17) is 0 Å². The summed E-state index contributed by atoms with van der Waals surface area (Å²) in [5, 5.41) is 0. The topological polar surface area (TPSA) is 26.3 Å². The van der Waals surface area contributed by atoms with Crippen LogP contribution in [0.1, 0.15) is 13.8 Å². The van der Waals surface area contributed by atoms with Gasteiger partial charge in [0.15, 0.2) is 0 Å². The predicted molar refractivity (Wildman–Crippen MR) is 33.9 cm³/mol. The zero-order chi connectivity index (χ0) is 7.07. The summed E-state index contributed by atoms with van der Waals surface area (Å²) in [7, 11) is 1.41. The average molecular weight is 126 g/mol. The molecule has 0 spiro atoms. The maximum atomic E-state index is 10.8. The van der Waals surface area contributed by atoms with Gasteiger partial charge >= 0.3 is 5.97 Å². The van der Waals surface area contributed by atoms with E-state index in [9.17, 15) is 4.79 Å². The zero-order valence-corrected chi connectivity index (χ0v) is 5.89. The molecule has 0 fully saturated rings. The first-order valence-corrected chi connectivity index (χ1v) is 2.89. The molecule has 1 unspecified atom stereocenters. The number of hydrogen-bond acceptors (Lipinski definition) is 2. The van der Waals surface area contributed by atoms with Crippen LogP contribution in [0.2, 0.25) is 0 Å². The Morgan fingerprint density at radius 2 is 2.22 bits per heavy atom. The van der Waals surface area contributed by atoms with Crippen molar-refractivity contribution in [1.29, 1.82) is 0 Å². The minimum absolute atomic E-state index is 0.153. The molecule has 1 atom stereocenters. The molecule has 50 valence electrons. The second-order valence-corrected chi connectivity index (χ2v) is 2.52. The maximum absolute atomic E-state index is 10.8. The molecule has 0 aromatic rings. The summed E-state index contributed by atoms with van der Waals surface area (Å²) in [4.78, 5) is 10.8. The molecular formula is C7H10O2. The van der Waals surface area contributed by atoms with Crippen LogP contribution in [0.25, 0.3) is 0 Å². The van der Waals surface area contributed by atoms with Gasteiger partial charge in [-0.05, 0) is 13.8 Å². The van der Waals surface area contributed by atoms with Crippen LogP contribution in [0.5, 0.6) is 0 Å². The Labute approximate surface area is 54.5 Å². The van der Waals surface area contributed by atoms with Crippen molar-refractivity contribution >= 4 is 5.97 Å². The van der Waals surface area contributed by atoms with Gasteiger partial charge in [-0.15, -0.1) is 0 Å². The van der Waals surface area contributed by atoms with E-state index in [1.165, 1.54) is 7.11 Å². The van der Waals surface area contributed by atoms with Crippen molar-refractivity contribution in [3.63, 3.8) is 0 Å². The maximum Gasteiger partial charge on any atom is 0.319 e. The van der Waals surface area contributed by atoms with Gasteiger partial charge in [-0.2, -0.15) is 0 Å². The molecule has 2 heteroatoms. The lowest BCUT2D eigenvalue weighted by molar-refractivity contribution is -0.145. The number of esters is 1. The molecule has 1 aliphatic rings. The Morgan fingerprint density at radius 3 is 2.33 bits per heavy atom. The van der Waals surface area contributed by atoms with Gasteiger partial charge in [-0.1, -0.05) is 11.6 Å². The number of ether oxygens (including phenoxy) is 1. The molecule has 0 amide bonds.